The molecule has 142 valence electrons. The SMILES string of the molecule is Cc1cc(N2CCCC2)ccc1C(=O)Nc1ccc(Cl)c(-c2ccccn2)c1. The second kappa shape index (κ2) is 8.03. The van der Waals surface area contributed by atoms with Gasteiger partial charge in [-0.3, -0.25) is 9.78 Å². The number of amides is 1. The Labute approximate surface area is 170 Å². The average molecular weight is 392 g/mol. The summed E-state index contributed by atoms with van der Waals surface area (Å²) in [6, 6.07) is 17.2. The molecule has 1 N–H and O–H groups in total. The molecule has 0 saturated carbocycles. The van der Waals surface area contributed by atoms with Crippen LogP contribution < -0.4 is 10.2 Å². The van der Waals surface area contributed by atoms with Crippen LogP contribution in [0.4, 0.5) is 11.4 Å². The zero-order chi connectivity index (χ0) is 19.5. The lowest BCUT2D eigenvalue weighted by Gasteiger charge is -2.19. The summed E-state index contributed by atoms with van der Waals surface area (Å²) in [5.74, 6) is -0.125. The molecular weight excluding hydrogens is 370 g/mol. The highest BCUT2D eigenvalue weighted by Gasteiger charge is 2.16. The molecule has 3 aromatic rings. The van der Waals surface area contributed by atoms with E-state index in [0.717, 1.165) is 29.9 Å². The van der Waals surface area contributed by atoms with Gasteiger partial charge in [0.1, 0.15) is 0 Å². The van der Waals surface area contributed by atoms with Crippen molar-refractivity contribution in [3.8, 4) is 11.3 Å². The second-order valence-corrected chi connectivity index (χ2v) is 7.46. The third-order valence-corrected chi connectivity index (χ3v) is 5.42. The lowest BCUT2D eigenvalue weighted by atomic mass is 10.1. The van der Waals surface area contributed by atoms with Crippen molar-refractivity contribution in [2.75, 3.05) is 23.3 Å². The summed E-state index contributed by atoms with van der Waals surface area (Å²) in [5.41, 5.74) is 5.10. The minimum atomic E-state index is -0.125. The van der Waals surface area contributed by atoms with E-state index in [4.69, 9.17) is 11.6 Å². The van der Waals surface area contributed by atoms with Crippen LogP contribution >= 0.6 is 11.6 Å². The van der Waals surface area contributed by atoms with Crippen LogP contribution in [0.2, 0.25) is 5.02 Å². The standard InChI is InChI=1S/C23H22ClN3O/c1-16-14-18(27-12-4-5-13-27)8-9-19(16)23(28)26-17-7-10-21(24)20(15-17)22-6-2-3-11-25-22/h2-3,6-11,14-15H,4-5,12-13H2,1H3,(H,26,28). The largest absolute Gasteiger partial charge is 0.372 e. The molecule has 0 atom stereocenters. The molecule has 1 amide bonds. The van der Waals surface area contributed by atoms with E-state index in [1.807, 2.05) is 43.3 Å². The molecule has 28 heavy (non-hydrogen) atoms. The van der Waals surface area contributed by atoms with Crippen LogP contribution in [0.3, 0.4) is 0 Å². The molecule has 0 spiro atoms. The number of carbonyl (C=O) groups is 1. The molecule has 1 fully saturated rings. The first kappa shape index (κ1) is 18.5. The van der Waals surface area contributed by atoms with E-state index in [9.17, 15) is 4.79 Å². The molecule has 1 aromatic heterocycles. The molecule has 0 radical (unpaired) electrons. The molecule has 1 aliphatic heterocycles. The van der Waals surface area contributed by atoms with E-state index in [0.29, 0.717) is 16.3 Å². The lowest BCUT2D eigenvalue weighted by molar-refractivity contribution is 0.102. The maximum absolute atomic E-state index is 12.8. The van der Waals surface area contributed by atoms with E-state index in [2.05, 4.69) is 21.3 Å². The number of nitrogens with one attached hydrogen (secondary N) is 1. The van der Waals surface area contributed by atoms with Crippen LogP contribution in [-0.2, 0) is 0 Å². The molecule has 4 nitrogen and oxygen atoms in total. The first-order chi connectivity index (χ1) is 13.6. The van der Waals surface area contributed by atoms with Crippen molar-refractivity contribution in [2.24, 2.45) is 0 Å². The highest BCUT2D eigenvalue weighted by atomic mass is 35.5. The number of nitrogens with zero attached hydrogens (tertiary/aromatic N) is 2. The number of hydrogen-bond acceptors (Lipinski definition) is 3. The Morgan fingerprint density at radius 2 is 1.89 bits per heavy atom. The number of pyridine rings is 1. The van der Waals surface area contributed by atoms with E-state index in [-0.39, 0.29) is 5.91 Å². The molecule has 1 saturated heterocycles. The Balaban J connectivity index is 1.55. The Morgan fingerprint density at radius 1 is 1.07 bits per heavy atom. The average Bonchev–Trinajstić information content (AvgIpc) is 3.25. The van der Waals surface area contributed by atoms with Gasteiger partial charge in [-0.05, 0) is 73.9 Å². The minimum Gasteiger partial charge on any atom is -0.372 e. The summed E-state index contributed by atoms with van der Waals surface area (Å²) in [7, 11) is 0. The fourth-order valence-electron chi connectivity index (χ4n) is 3.59. The highest BCUT2D eigenvalue weighted by Crippen LogP contribution is 2.30. The van der Waals surface area contributed by atoms with Crippen molar-refractivity contribution in [2.45, 2.75) is 19.8 Å². The molecule has 0 bridgehead atoms. The maximum Gasteiger partial charge on any atom is 0.255 e. The summed E-state index contributed by atoms with van der Waals surface area (Å²) in [6.07, 6.45) is 4.19. The normalized spacial score (nSPS) is 13.6. The van der Waals surface area contributed by atoms with Crippen molar-refractivity contribution in [1.29, 1.82) is 0 Å². The fraction of sp³-hybridized carbons (Fsp3) is 0.217. The van der Waals surface area contributed by atoms with E-state index >= 15 is 0 Å². The third-order valence-electron chi connectivity index (χ3n) is 5.09. The predicted octanol–water partition coefficient (Wildman–Crippen LogP) is 5.56. The van der Waals surface area contributed by atoms with Gasteiger partial charge < -0.3 is 10.2 Å². The van der Waals surface area contributed by atoms with E-state index in [1.165, 1.54) is 18.5 Å². The molecule has 4 rings (SSSR count). The number of benzene rings is 2. The molecule has 0 unspecified atom stereocenters. The second-order valence-electron chi connectivity index (χ2n) is 7.06. The van der Waals surface area contributed by atoms with Crippen molar-refractivity contribution in [3.05, 3.63) is 76.9 Å². The minimum absolute atomic E-state index is 0.125. The van der Waals surface area contributed by atoms with Crippen LogP contribution in [0.1, 0.15) is 28.8 Å². The van der Waals surface area contributed by atoms with Gasteiger partial charge in [0.15, 0.2) is 0 Å². The van der Waals surface area contributed by atoms with Crippen LogP contribution in [-0.4, -0.2) is 24.0 Å². The Kier molecular flexibility index (Phi) is 5.31. The van der Waals surface area contributed by atoms with Gasteiger partial charge in [-0.1, -0.05) is 17.7 Å². The number of rotatable bonds is 4. The highest BCUT2D eigenvalue weighted by molar-refractivity contribution is 6.33. The van der Waals surface area contributed by atoms with Crippen LogP contribution in [0.25, 0.3) is 11.3 Å². The smallest absolute Gasteiger partial charge is 0.255 e. The summed E-state index contributed by atoms with van der Waals surface area (Å²) in [5, 5.41) is 3.59. The first-order valence-corrected chi connectivity index (χ1v) is 9.87. The Hall–Kier alpha value is -2.85. The topological polar surface area (TPSA) is 45.2 Å². The first-order valence-electron chi connectivity index (χ1n) is 9.50. The van der Waals surface area contributed by atoms with Gasteiger partial charge in [-0.25, -0.2) is 0 Å². The Morgan fingerprint density at radius 3 is 2.61 bits per heavy atom. The number of carbonyl (C=O) groups excluding carboxylic acids is 1. The van der Waals surface area contributed by atoms with Crippen LogP contribution in [0.15, 0.2) is 60.8 Å². The van der Waals surface area contributed by atoms with E-state index < -0.39 is 0 Å². The molecule has 1 aliphatic rings. The number of aryl methyl sites for hydroxylation is 1. The number of halogens is 1. The summed E-state index contributed by atoms with van der Waals surface area (Å²) < 4.78 is 0. The van der Waals surface area contributed by atoms with Crippen molar-refractivity contribution < 1.29 is 4.79 Å². The zero-order valence-electron chi connectivity index (χ0n) is 15.8. The van der Waals surface area contributed by atoms with Crippen molar-refractivity contribution in [1.82, 2.24) is 4.98 Å². The molecule has 0 aliphatic carbocycles. The van der Waals surface area contributed by atoms with Gasteiger partial charge >= 0.3 is 0 Å². The zero-order valence-corrected chi connectivity index (χ0v) is 16.5. The quantitative estimate of drug-likeness (QED) is 0.633. The third kappa shape index (κ3) is 3.87. The number of aromatic nitrogens is 1. The van der Waals surface area contributed by atoms with Crippen molar-refractivity contribution >= 4 is 28.9 Å². The molecule has 5 heteroatoms. The van der Waals surface area contributed by atoms with Gasteiger partial charge in [-0.15, -0.1) is 0 Å². The van der Waals surface area contributed by atoms with E-state index in [1.54, 1.807) is 18.3 Å². The van der Waals surface area contributed by atoms with Gasteiger partial charge in [0.25, 0.3) is 5.91 Å². The predicted molar refractivity (Wildman–Crippen MR) is 115 cm³/mol. The van der Waals surface area contributed by atoms with Gasteiger partial charge in [-0.2, -0.15) is 0 Å². The molecule has 2 aromatic carbocycles. The van der Waals surface area contributed by atoms with Crippen molar-refractivity contribution in [3.63, 3.8) is 0 Å². The monoisotopic (exact) mass is 391 g/mol. The van der Waals surface area contributed by atoms with Crippen LogP contribution in [0.5, 0.6) is 0 Å². The Bertz CT molecular complexity index is 998. The lowest BCUT2D eigenvalue weighted by Crippen LogP contribution is -2.19. The van der Waals surface area contributed by atoms with Gasteiger partial charge in [0, 0.05) is 41.8 Å². The van der Waals surface area contributed by atoms with Gasteiger partial charge in [0.2, 0.25) is 0 Å². The summed E-state index contributed by atoms with van der Waals surface area (Å²) >= 11 is 6.33. The number of hydrogen-bond donors (Lipinski definition) is 1. The maximum atomic E-state index is 12.8. The summed E-state index contributed by atoms with van der Waals surface area (Å²) in [6.45, 7) is 4.16. The molecule has 2 heterocycles. The summed E-state index contributed by atoms with van der Waals surface area (Å²) in [4.78, 5) is 19.5. The number of anilines is 2. The molecular formula is C23H22ClN3O. The van der Waals surface area contributed by atoms with Crippen LogP contribution in [0, 0.1) is 6.92 Å². The fourth-order valence-corrected chi connectivity index (χ4v) is 3.81. The van der Waals surface area contributed by atoms with Gasteiger partial charge in [0.05, 0.1) is 10.7 Å².